The fourth-order valence-electron chi connectivity index (χ4n) is 2.22. The molecule has 2 aromatic carbocycles. The minimum atomic E-state index is -1.14. The summed E-state index contributed by atoms with van der Waals surface area (Å²) in [4.78, 5) is 13.0. The Morgan fingerprint density at radius 2 is 1.86 bits per heavy atom. The largest absolute Gasteiger partial charge is 0.382 e. The highest BCUT2D eigenvalue weighted by molar-refractivity contribution is 7.99. The highest BCUT2D eigenvalue weighted by Gasteiger charge is 2.32. The van der Waals surface area contributed by atoms with Crippen molar-refractivity contribution in [2.24, 2.45) is 0 Å². The number of amides is 1. The lowest BCUT2D eigenvalue weighted by atomic mass is 10.0. The van der Waals surface area contributed by atoms with Crippen LogP contribution in [-0.4, -0.2) is 17.1 Å². The molecule has 1 amide bonds. The van der Waals surface area contributed by atoms with Gasteiger partial charge in [0.25, 0.3) is 5.91 Å². The van der Waals surface area contributed by atoms with Crippen molar-refractivity contribution in [3.05, 3.63) is 59.7 Å². The first-order chi connectivity index (χ1) is 10.2. The molecule has 104 valence electrons. The Labute approximate surface area is 126 Å². The summed E-state index contributed by atoms with van der Waals surface area (Å²) in [5.74, 6) is -0.415. The van der Waals surface area contributed by atoms with Crippen LogP contribution in [0.5, 0.6) is 0 Å². The Kier molecular flexibility index (Phi) is 3.65. The van der Waals surface area contributed by atoms with Crippen LogP contribution in [0.3, 0.4) is 0 Å². The number of carbonyl (C=O) groups is 1. The molecule has 2 atom stereocenters. The van der Waals surface area contributed by atoms with Gasteiger partial charge in [-0.15, -0.1) is 11.8 Å². The first kappa shape index (κ1) is 13.7. The predicted octanol–water partition coefficient (Wildman–Crippen LogP) is 2.70. The van der Waals surface area contributed by atoms with E-state index in [0.717, 1.165) is 10.5 Å². The van der Waals surface area contributed by atoms with Crippen LogP contribution in [0.1, 0.15) is 16.4 Å². The number of nitrogens with zero attached hydrogens (tertiary/aromatic N) is 1. The van der Waals surface area contributed by atoms with Crippen LogP contribution < -0.4 is 5.32 Å². The van der Waals surface area contributed by atoms with Gasteiger partial charge in [-0.2, -0.15) is 5.26 Å². The first-order valence-electron chi connectivity index (χ1n) is 6.44. The lowest BCUT2D eigenvalue weighted by Gasteiger charge is -2.18. The molecule has 0 unspecified atom stereocenters. The Morgan fingerprint density at radius 3 is 2.57 bits per heavy atom. The highest BCUT2D eigenvalue weighted by atomic mass is 32.2. The van der Waals surface area contributed by atoms with Crippen LogP contribution in [-0.2, 0) is 4.79 Å². The zero-order valence-electron chi connectivity index (χ0n) is 11.0. The van der Waals surface area contributed by atoms with Gasteiger partial charge < -0.3 is 10.4 Å². The van der Waals surface area contributed by atoms with Crippen molar-refractivity contribution >= 4 is 23.4 Å². The molecule has 21 heavy (non-hydrogen) atoms. The van der Waals surface area contributed by atoms with E-state index in [1.165, 1.54) is 11.8 Å². The standard InChI is InChI=1S/C16H12N2O2S/c17-9-10-5-7-11(8-6-10)15-14(19)16(20)18-12-3-1-2-4-13(12)21-15/h1-8,14-15,19H,(H,18,20)/t14-,15+/m0/s1. The number of aliphatic hydroxyl groups is 1. The molecule has 0 radical (unpaired) electrons. The molecule has 2 aromatic rings. The fourth-order valence-corrected chi connectivity index (χ4v) is 3.44. The fraction of sp³-hybridized carbons (Fsp3) is 0.125. The molecule has 1 aliphatic heterocycles. The first-order valence-corrected chi connectivity index (χ1v) is 7.31. The summed E-state index contributed by atoms with van der Waals surface area (Å²) in [7, 11) is 0. The smallest absolute Gasteiger partial charge is 0.254 e. The maximum atomic E-state index is 12.1. The van der Waals surface area contributed by atoms with Gasteiger partial charge in [0.05, 0.1) is 22.6 Å². The molecule has 0 saturated carbocycles. The van der Waals surface area contributed by atoms with Gasteiger partial charge >= 0.3 is 0 Å². The molecule has 5 heteroatoms. The topological polar surface area (TPSA) is 73.1 Å². The second-order valence-corrected chi connectivity index (χ2v) is 5.89. The quantitative estimate of drug-likeness (QED) is 0.848. The van der Waals surface area contributed by atoms with Crippen LogP contribution in [0.15, 0.2) is 53.4 Å². The van der Waals surface area contributed by atoms with E-state index in [4.69, 9.17) is 5.26 Å². The van der Waals surface area contributed by atoms with E-state index in [0.29, 0.717) is 11.3 Å². The zero-order chi connectivity index (χ0) is 14.8. The minimum Gasteiger partial charge on any atom is -0.382 e. The normalized spacial score (nSPS) is 20.9. The van der Waals surface area contributed by atoms with E-state index in [1.54, 1.807) is 24.3 Å². The van der Waals surface area contributed by atoms with E-state index < -0.39 is 17.3 Å². The monoisotopic (exact) mass is 296 g/mol. The van der Waals surface area contributed by atoms with Crippen LogP contribution in [0.25, 0.3) is 0 Å². The summed E-state index contributed by atoms with van der Waals surface area (Å²) in [6, 6.07) is 16.5. The molecular formula is C16H12N2O2S. The molecule has 2 N–H and O–H groups in total. The molecule has 0 bridgehead atoms. The van der Waals surface area contributed by atoms with Crippen LogP contribution in [0.2, 0.25) is 0 Å². The molecule has 0 fully saturated rings. The molecule has 0 spiro atoms. The van der Waals surface area contributed by atoms with Gasteiger partial charge in [-0.05, 0) is 29.8 Å². The average molecular weight is 296 g/mol. The summed E-state index contributed by atoms with van der Waals surface area (Å²) < 4.78 is 0. The van der Waals surface area contributed by atoms with Crippen molar-refractivity contribution in [3.63, 3.8) is 0 Å². The van der Waals surface area contributed by atoms with Gasteiger partial charge in [-0.3, -0.25) is 4.79 Å². The second-order valence-electron chi connectivity index (χ2n) is 4.70. The van der Waals surface area contributed by atoms with E-state index in [9.17, 15) is 9.90 Å². The molecule has 1 heterocycles. The summed E-state index contributed by atoms with van der Waals surface area (Å²) in [6.45, 7) is 0. The van der Waals surface area contributed by atoms with E-state index >= 15 is 0 Å². The SMILES string of the molecule is N#Cc1ccc([C@H]2Sc3ccccc3NC(=O)[C@H]2O)cc1. The average Bonchev–Trinajstić information content (AvgIpc) is 2.65. The summed E-state index contributed by atoms with van der Waals surface area (Å²) >= 11 is 1.44. The molecule has 1 aliphatic rings. The van der Waals surface area contributed by atoms with Gasteiger partial charge in [-0.25, -0.2) is 0 Å². The summed E-state index contributed by atoms with van der Waals surface area (Å²) in [6.07, 6.45) is -1.14. The van der Waals surface area contributed by atoms with Crippen molar-refractivity contribution in [2.45, 2.75) is 16.2 Å². The Balaban J connectivity index is 2.00. The number of rotatable bonds is 1. The van der Waals surface area contributed by atoms with Crippen molar-refractivity contribution in [2.75, 3.05) is 5.32 Å². The third-order valence-corrected chi connectivity index (χ3v) is 4.72. The number of aliphatic hydroxyl groups excluding tert-OH is 1. The number of hydrogen-bond donors (Lipinski definition) is 2. The highest BCUT2D eigenvalue weighted by Crippen LogP contribution is 2.43. The minimum absolute atomic E-state index is 0.401. The molecule has 4 nitrogen and oxygen atoms in total. The van der Waals surface area contributed by atoms with Gasteiger partial charge in [0, 0.05) is 4.90 Å². The molecule has 0 aliphatic carbocycles. The maximum absolute atomic E-state index is 12.1. The number of hydrogen-bond acceptors (Lipinski definition) is 4. The Morgan fingerprint density at radius 1 is 1.14 bits per heavy atom. The molecule has 0 saturated heterocycles. The maximum Gasteiger partial charge on any atom is 0.254 e. The summed E-state index contributed by atoms with van der Waals surface area (Å²) in [5.41, 5.74) is 2.08. The van der Waals surface area contributed by atoms with Gasteiger partial charge in [0.2, 0.25) is 0 Å². The Bertz CT molecular complexity index is 722. The van der Waals surface area contributed by atoms with Crippen molar-refractivity contribution in [1.82, 2.24) is 0 Å². The van der Waals surface area contributed by atoms with Crippen LogP contribution >= 0.6 is 11.8 Å². The van der Waals surface area contributed by atoms with Crippen molar-refractivity contribution in [3.8, 4) is 6.07 Å². The molecule has 0 aromatic heterocycles. The van der Waals surface area contributed by atoms with Crippen molar-refractivity contribution < 1.29 is 9.90 Å². The van der Waals surface area contributed by atoms with E-state index in [1.807, 2.05) is 24.3 Å². The second kappa shape index (κ2) is 5.60. The van der Waals surface area contributed by atoms with Crippen molar-refractivity contribution in [1.29, 1.82) is 5.26 Å². The number of carbonyl (C=O) groups excluding carboxylic acids is 1. The van der Waals surface area contributed by atoms with Crippen LogP contribution in [0, 0.1) is 11.3 Å². The number of thioether (sulfide) groups is 1. The van der Waals surface area contributed by atoms with Gasteiger partial charge in [0.15, 0.2) is 0 Å². The number of benzene rings is 2. The third kappa shape index (κ3) is 2.64. The Hall–Kier alpha value is -2.29. The molecular weight excluding hydrogens is 284 g/mol. The summed E-state index contributed by atoms with van der Waals surface area (Å²) in [5, 5.41) is 21.4. The number of para-hydroxylation sites is 1. The predicted molar refractivity (Wildman–Crippen MR) is 80.8 cm³/mol. The van der Waals surface area contributed by atoms with E-state index in [2.05, 4.69) is 11.4 Å². The van der Waals surface area contributed by atoms with E-state index in [-0.39, 0.29) is 0 Å². The zero-order valence-corrected chi connectivity index (χ0v) is 11.8. The van der Waals surface area contributed by atoms with Gasteiger partial charge in [0.1, 0.15) is 6.10 Å². The molecule has 3 rings (SSSR count). The number of nitrogens with one attached hydrogen (secondary N) is 1. The number of nitriles is 1. The lowest BCUT2D eigenvalue weighted by molar-refractivity contribution is -0.124. The number of anilines is 1. The number of fused-ring (bicyclic) bond motifs is 1. The van der Waals surface area contributed by atoms with Crippen LogP contribution in [0.4, 0.5) is 5.69 Å². The van der Waals surface area contributed by atoms with Gasteiger partial charge in [-0.1, -0.05) is 24.3 Å². The third-order valence-electron chi connectivity index (χ3n) is 3.32. The lowest BCUT2D eigenvalue weighted by Crippen LogP contribution is -2.30.